The van der Waals surface area contributed by atoms with Gasteiger partial charge in [-0.25, -0.2) is 0 Å². The zero-order valence-corrected chi connectivity index (χ0v) is 16.5. The van der Waals surface area contributed by atoms with E-state index in [-0.39, 0.29) is 0 Å². The van der Waals surface area contributed by atoms with Crippen molar-refractivity contribution in [2.24, 2.45) is 0 Å². The summed E-state index contributed by atoms with van der Waals surface area (Å²) in [7, 11) is -3.32. The minimum atomic E-state index is -3.32. The Morgan fingerprint density at radius 2 is 1.76 bits per heavy atom. The van der Waals surface area contributed by atoms with Crippen molar-refractivity contribution in [3.05, 3.63) is 58.6 Å². The number of hydrogen-bond donors (Lipinski definition) is 1. The Morgan fingerprint density at radius 3 is 2.36 bits per heavy atom. The topological polar surface area (TPSA) is 56.8 Å². The number of anilines is 1. The minimum Gasteiger partial charge on any atom is -0.494 e. The lowest BCUT2D eigenvalue weighted by molar-refractivity contribution is 0.141. The van der Waals surface area contributed by atoms with Crippen molar-refractivity contribution in [2.45, 2.75) is 19.1 Å². The second kappa shape index (κ2) is 8.37. The van der Waals surface area contributed by atoms with Crippen molar-refractivity contribution in [2.75, 3.05) is 25.1 Å². The highest BCUT2D eigenvalue weighted by Gasteiger charge is 2.39. The highest BCUT2D eigenvalue weighted by Crippen LogP contribution is 2.62. The second-order valence-corrected chi connectivity index (χ2v) is 8.64. The lowest BCUT2D eigenvalue weighted by Gasteiger charge is -2.31. The van der Waals surface area contributed by atoms with Gasteiger partial charge in [0.1, 0.15) is 5.75 Å². The average Bonchev–Trinajstić information content (AvgIpc) is 2.63. The smallest absolute Gasteiger partial charge is 0.357 e. The van der Waals surface area contributed by atoms with Crippen LogP contribution in [0, 0.1) is 0 Å². The first-order valence-electron chi connectivity index (χ1n) is 8.24. The van der Waals surface area contributed by atoms with Gasteiger partial charge in [-0.15, -0.1) is 0 Å². The summed E-state index contributed by atoms with van der Waals surface area (Å²) in [4.78, 5) is 0. The minimum absolute atomic E-state index is 0.437. The molecule has 1 atom stereocenters. The molecule has 0 unspecified atom stereocenters. The number of rotatable bonds is 6. The molecule has 0 amide bonds. The third kappa shape index (κ3) is 4.64. The van der Waals surface area contributed by atoms with Crippen LogP contribution in [0.2, 0.25) is 0 Å². The molecule has 0 bridgehead atoms. The van der Waals surface area contributed by atoms with E-state index in [4.69, 9.17) is 13.8 Å². The molecule has 0 saturated carbocycles. The normalized spacial score (nSPS) is 17.7. The van der Waals surface area contributed by atoms with Gasteiger partial charge in [0.15, 0.2) is 5.78 Å². The van der Waals surface area contributed by atoms with E-state index >= 15 is 0 Å². The number of nitrogens with one attached hydrogen (secondary N) is 1. The summed E-state index contributed by atoms with van der Waals surface area (Å²) in [6.07, 6.45) is 0.748. The lowest BCUT2D eigenvalue weighted by Crippen LogP contribution is -2.19. The van der Waals surface area contributed by atoms with Gasteiger partial charge in [0, 0.05) is 10.2 Å². The Hall–Kier alpha value is -1.33. The summed E-state index contributed by atoms with van der Waals surface area (Å²) in [5.74, 6) is 0.196. The van der Waals surface area contributed by atoms with E-state index < -0.39 is 13.4 Å². The van der Waals surface area contributed by atoms with E-state index in [1.54, 1.807) is 0 Å². The monoisotopic (exact) mass is 425 g/mol. The Bertz CT molecular complexity index is 726. The molecule has 0 radical (unpaired) electrons. The fourth-order valence-corrected chi connectivity index (χ4v) is 4.84. The Morgan fingerprint density at radius 1 is 1.12 bits per heavy atom. The fourth-order valence-electron chi connectivity index (χ4n) is 2.59. The average molecular weight is 426 g/mol. The highest BCUT2D eigenvalue weighted by atomic mass is 79.9. The summed E-state index contributed by atoms with van der Waals surface area (Å²) >= 11 is 3.42. The van der Waals surface area contributed by atoms with E-state index in [1.807, 2.05) is 55.5 Å². The molecule has 0 aliphatic carbocycles. The Balaban J connectivity index is 1.90. The van der Waals surface area contributed by atoms with Crippen LogP contribution in [0.4, 0.5) is 5.69 Å². The maximum atomic E-state index is 13.3. The van der Waals surface area contributed by atoms with Crippen LogP contribution < -0.4 is 10.1 Å². The molecule has 5 nitrogen and oxygen atoms in total. The maximum absolute atomic E-state index is 13.3. The second-order valence-electron chi connectivity index (χ2n) is 5.62. The molecule has 1 heterocycles. The first-order valence-corrected chi connectivity index (χ1v) is 10.6. The molecule has 3 rings (SSSR count). The van der Waals surface area contributed by atoms with Crippen LogP contribution in [0.15, 0.2) is 53.0 Å². The number of halogens is 1. The van der Waals surface area contributed by atoms with E-state index in [0.717, 1.165) is 27.9 Å². The van der Waals surface area contributed by atoms with Crippen molar-refractivity contribution < 1.29 is 18.3 Å². The van der Waals surface area contributed by atoms with Gasteiger partial charge in [-0.1, -0.05) is 28.1 Å². The molecule has 1 aliphatic heterocycles. The van der Waals surface area contributed by atoms with Crippen LogP contribution in [0.5, 0.6) is 5.75 Å². The maximum Gasteiger partial charge on any atom is 0.357 e. The van der Waals surface area contributed by atoms with E-state index in [9.17, 15) is 4.57 Å². The third-order valence-corrected chi connectivity index (χ3v) is 6.48. The molecular formula is C18H21BrNO4P. The SMILES string of the molecule is CCOc1ccc([C@H](Nc2ccc(Br)cc2)P2(=O)OCCCO2)cc1. The molecule has 134 valence electrons. The molecule has 2 aromatic rings. The predicted octanol–water partition coefficient (Wildman–Crippen LogP) is 5.59. The summed E-state index contributed by atoms with van der Waals surface area (Å²) in [6, 6.07) is 15.2. The van der Waals surface area contributed by atoms with Crippen molar-refractivity contribution >= 4 is 29.2 Å². The van der Waals surface area contributed by atoms with Gasteiger partial charge < -0.3 is 19.1 Å². The molecule has 0 aromatic heterocycles. The van der Waals surface area contributed by atoms with Crippen LogP contribution in [-0.2, 0) is 13.6 Å². The van der Waals surface area contributed by atoms with Crippen molar-refractivity contribution in [3.63, 3.8) is 0 Å². The van der Waals surface area contributed by atoms with E-state index in [2.05, 4.69) is 21.2 Å². The van der Waals surface area contributed by atoms with Gasteiger partial charge in [-0.3, -0.25) is 4.57 Å². The zero-order chi connectivity index (χ0) is 17.7. The lowest BCUT2D eigenvalue weighted by atomic mass is 10.2. The Kier molecular flexibility index (Phi) is 6.18. The van der Waals surface area contributed by atoms with Gasteiger partial charge >= 0.3 is 7.60 Å². The van der Waals surface area contributed by atoms with Gasteiger partial charge in [-0.05, 0) is 55.3 Å². The van der Waals surface area contributed by atoms with Crippen LogP contribution in [-0.4, -0.2) is 19.8 Å². The number of ether oxygens (including phenoxy) is 1. The molecule has 1 saturated heterocycles. The van der Waals surface area contributed by atoms with E-state index in [1.165, 1.54) is 0 Å². The van der Waals surface area contributed by atoms with Gasteiger partial charge in [0.05, 0.1) is 19.8 Å². The van der Waals surface area contributed by atoms with Crippen molar-refractivity contribution in [3.8, 4) is 5.75 Å². The molecule has 1 aliphatic rings. The standard InChI is InChI=1S/C18H21BrNO4P/c1-2-22-17-10-4-14(5-11-17)18(25(21)23-12-3-13-24-25)20-16-8-6-15(19)7-9-16/h4-11,18,20H,2-3,12-13H2,1H3/t18-/m1/s1. The fraction of sp³-hybridized carbons (Fsp3) is 0.333. The van der Waals surface area contributed by atoms with Gasteiger partial charge in [0.25, 0.3) is 0 Å². The quantitative estimate of drug-likeness (QED) is 0.611. The summed E-state index contributed by atoms with van der Waals surface area (Å²) in [5, 5.41) is 3.31. The summed E-state index contributed by atoms with van der Waals surface area (Å²) in [6.45, 7) is 3.41. The molecule has 0 spiro atoms. The zero-order valence-electron chi connectivity index (χ0n) is 14.0. The molecule has 25 heavy (non-hydrogen) atoms. The molecular weight excluding hydrogens is 405 g/mol. The van der Waals surface area contributed by atoms with Gasteiger partial charge in [0.2, 0.25) is 0 Å². The van der Waals surface area contributed by atoms with Gasteiger partial charge in [-0.2, -0.15) is 0 Å². The first-order chi connectivity index (χ1) is 12.1. The first kappa shape index (κ1) is 18.5. The highest BCUT2D eigenvalue weighted by molar-refractivity contribution is 9.10. The summed E-state index contributed by atoms with van der Waals surface area (Å²) in [5.41, 5.74) is 1.67. The van der Waals surface area contributed by atoms with E-state index in [0.29, 0.717) is 19.8 Å². The van der Waals surface area contributed by atoms with Crippen LogP contribution >= 0.6 is 23.5 Å². The molecule has 1 N–H and O–H groups in total. The largest absolute Gasteiger partial charge is 0.494 e. The van der Waals surface area contributed by atoms with Crippen LogP contribution in [0.3, 0.4) is 0 Å². The number of benzene rings is 2. The molecule has 7 heteroatoms. The molecule has 2 aromatic carbocycles. The summed E-state index contributed by atoms with van der Waals surface area (Å²) < 4.78 is 30.9. The Labute approximate surface area is 156 Å². The number of hydrogen-bond acceptors (Lipinski definition) is 5. The van der Waals surface area contributed by atoms with Crippen LogP contribution in [0.1, 0.15) is 24.7 Å². The molecule has 1 fully saturated rings. The third-order valence-electron chi connectivity index (χ3n) is 3.80. The predicted molar refractivity (Wildman–Crippen MR) is 102 cm³/mol. The van der Waals surface area contributed by atoms with Crippen molar-refractivity contribution in [1.82, 2.24) is 0 Å². The van der Waals surface area contributed by atoms with Crippen molar-refractivity contribution in [1.29, 1.82) is 0 Å². The van der Waals surface area contributed by atoms with Crippen LogP contribution in [0.25, 0.3) is 0 Å².